The summed E-state index contributed by atoms with van der Waals surface area (Å²) in [6, 6.07) is 6.35. The summed E-state index contributed by atoms with van der Waals surface area (Å²) in [5.41, 5.74) is 3.85. The fourth-order valence-corrected chi connectivity index (χ4v) is 5.91. The van der Waals surface area contributed by atoms with Crippen molar-refractivity contribution in [1.82, 2.24) is 19.8 Å². The molecule has 5 rings (SSSR count). The number of amides is 2. The largest absolute Gasteiger partial charge is 0.314 e. The van der Waals surface area contributed by atoms with Crippen molar-refractivity contribution in [1.29, 1.82) is 0 Å². The Morgan fingerprint density at radius 2 is 1.86 bits per heavy atom. The number of hydrogen-bond acceptors (Lipinski definition) is 5. The van der Waals surface area contributed by atoms with Gasteiger partial charge in [-0.1, -0.05) is 18.9 Å². The van der Waals surface area contributed by atoms with E-state index in [9.17, 15) is 14.0 Å². The first-order valence-corrected chi connectivity index (χ1v) is 13.0. The lowest BCUT2D eigenvalue weighted by atomic mass is 10.0. The molecule has 3 aliphatic rings. The van der Waals surface area contributed by atoms with Gasteiger partial charge in [0.25, 0.3) is 5.91 Å². The average Bonchev–Trinajstić information content (AvgIpc) is 3.56. The van der Waals surface area contributed by atoms with Crippen molar-refractivity contribution in [2.45, 2.75) is 46.0 Å². The Kier molecular flexibility index (Phi) is 7.14. The van der Waals surface area contributed by atoms with Gasteiger partial charge in [0.15, 0.2) is 0 Å². The number of halogens is 1. The number of aromatic nitrogens is 2. The van der Waals surface area contributed by atoms with Crippen LogP contribution in [0.5, 0.6) is 0 Å². The second-order valence-electron chi connectivity index (χ2n) is 10.4. The zero-order chi connectivity index (χ0) is 25.2. The van der Waals surface area contributed by atoms with Gasteiger partial charge < -0.3 is 9.80 Å². The molecule has 2 aliphatic heterocycles. The summed E-state index contributed by atoms with van der Waals surface area (Å²) in [5, 5.41) is 0. The van der Waals surface area contributed by atoms with Crippen LogP contribution >= 0.6 is 0 Å². The molecule has 1 aromatic carbocycles. The Labute approximate surface area is 212 Å². The van der Waals surface area contributed by atoms with Crippen LogP contribution in [-0.2, 0) is 4.79 Å². The molecule has 36 heavy (non-hydrogen) atoms. The van der Waals surface area contributed by atoms with Crippen molar-refractivity contribution in [2.24, 2.45) is 11.8 Å². The van der Waals surface area contributed by atoms with Crippen molar-refractivity contribution >= 4 is 17.5 Å². The van der Waals surface area contributed by atoms with Gasteiger partial charge in [-0.25, -0.2) is 14.4 Å². The number of nitrogens with zero attached hydrogens (tertiary/aromatic N) is 5. The molecule has 8 heteroatoms. The molecular formula is C28H34FN5O2. The number of rotatable bonds is 7. The molecule has 2 fully saturated rings. The molecule has 1 saturated heterocycles. The van der Waals surface area contributed by atoms with Crippen molar-refractivity contribution in [2.75, 3.05) is 37.6 Å². The topological polar surface area (TPSA) is 69.6 Å². The molecule has 1 aromatic heterocycles. The summed E-state index contributed by atoms with van der Waals surface area (Å²) < 4.78 is 14.0. The first kappa shape index (κ1) is 24.6. The minimum atomic E-state index is -0.328. The first-order chi connectivity index (χ1) is 17.4. The van der Waals surface area contributed by atoms with Crippen LogP contribution in [-0.4, -0.2) is 64.3 Å². The third-order valence-corrected chi connectivity index (χ3v) is 7.85. The molecule has 2 aromatic rings. The molecular weight excluding hydrogens is 457 g/mol. The number of benzene rings is 1. The van der Waals surface area contributed by atoms with E-state index in [1.807, 2.05) is 26.1 Å². The summed E-state index contributed by atoms with van der Waals surface area (Å²) in [4.78, 5) is 40.6. The lowest BCUT2D eigenvalue weighted by Gasteiger charge is -2.27. The number of carbonyl (C=O) groups is 2. The van der Waals surface area contributed by atoms with Gasteiger partial charge in [0.1, 0.15) is 12.1 Å². The number of hydrogen-bond donors (Lipinski definition) is 0. The molecule has 0 bridgehead atoms. The van der Waals surface area contributed by atoms with E-state index in [4.69, 9.17) is 0 Å². The monoisotopic (exact) mass is 491 g/mol. The summed E-state index contributed by atoms with van der Waals surface area (Å²) in [7, 11) is 0. The van der Waals surface area contributed by atoms with Crippen molar-refractivity contribution in [3.05, 3.63) is 65.1 Å². The standard InChI is InChI=1S/C28H34FN5O2/c1-19-27(20(2)31-18-30-19)28(36)33-16-22-14-32(15-23(22)17-33)10-11-34(25-9-5-8-24(29)13-25)26(35)12-21-6-3-4-7-21/h5,8-9,13,16,18,21,23H,3-4,6-7,10-12,14-15,17H2,1-2H3. The van der Waals surface area contributed by atoms with Crippen LogP contribution in [0.2, 0.25) is 0 Å². The van der Waals surface area contributed by atoms with Crippen LogP contribution in [0, 0.1) is 31.5 Å². The molecule has 1 atom stereocenters. The van der Waals surface area contributed by atoms with Crippen LogP contribution in [0.4, 0.5) is 10.1 Å². The smallest absolute Gasteiger partial charge is 0.261 e. The number of anilines is 1. The highest BCUT2D eigenvalue weighted by atomic mass is 19.1. The number of aryl methyl sites for hydroxylation is 2. The third-order valence-electron chi connectivity index (χ3n) is 7.85. The van der Waals surface area contributed by atoms with Crippen molar-refractivity contribution < 1.29 is 14.0 Å². The average molecular weight is 492 g/mol. The quantitative estimate of drug-likeness (QED) is 0.583. The molecule has 190 valence electrons. The minimum Gasteiger partial charge on any atom is -0.314 e. The predicted molar refractivity (Wildman–Crippen MR) is 136 cm³/mol. The molecule has 0 N–H and O–H groups in total. The summed E-state index contributed by atoms with van der Waals surface area (Å²) in [5.74, 6) is 0.435. The second kappa shape index (κ2) is 10.5. The number of carbonyl (C=O) groups excluding carboxylic acids is 2. The zero-order valence-corrected chi connectivity index (χ0v) is 21.1. The van der Waals surface area contributed by atoms with Crippen molar-refractivity contribution in [3.63, 3.8) is 0 Å². The maximum Gasteiger partial charge on any atom is 0.261 e. The van der Waals surface area contributed by atoms with E-state index in [0.717, 1.165) is 25.9 Å². The van der Waals surface area contributed by atoms with E-state index >= 15 is 0 Å². The fraction of sp³-hybridized carbons (Fsp3) is 0.500. The first-order valence-electron chi connectivity index (χ1n) is 13.0. The summed E-state index contributed by atoms with van der Waals surface area (Å²) in [6.07, 6.45) is 8.60. The highest BCUT2D eigenvalue weighted by molar-refractivity contribution is 5.97. The lowest BCUT2D eigenvalue weighted by Crippen LogP contribution is -2.39. The predicted octanol–water partition coefficient (Wildman–Crippen LogP) is 4.12. The van der Waals surface area contributed by atoms with Crippen molar-refractivity contribution in [3.8, 4) is 0 Å². The maximum absolute atomic E-state index is 14.0. The third kappa shape index (κ3) is 5.19. The van der Waals surface area contributed by atoms with Gasteiger partial charge in [0.2, 0.25) is 5.91 Å². The van der Waals surface area contributed by atoms with Crippen LogP contribution in [0.25, 0.3) is 0 Å². The van der Waals surface area contributed by atoms with E-state index in [1.54, 1.807) is 15.9 Å². The van der Waals surface area contributed by atoms with Gasteiger partial charge in [-0.2, -0.15) is 0 Å². The molecule has 1 unspecified atom stereocenters. The second-order valence-corrected chi connectivity index (χ2v) is 10.4. The summed E-state index contributed by atoms with van der Waals surface area (Å²) in [6.45, 7) is 7.17. The Bertz CT molecular complexity index is 1160. The minimum absolute atomic E-state index is 0.0474. The SMILES string of the molecule is Cc1ncnc(C)c1C(=O)N1C=C2CN(CCN(C(=O)CC3CCCC3)c3cccc(F)c3)CC2C1. The van der Waals surface area contributed by atoms with Crippen LogP contribution in [0.15, 0.2) is 42.4 Å². The van der Waals surface area contributed by atoms with Gasteiger partial charge in [-0.15, -0.1) is 0 Å². The Hall–Kier alpha value is -3.13. The maximum atomic E-state index is 14.0. The Morgan fingerprint density at radius 3 is 2.56 bits per heavy atom. The molecule has 0 spiro atoms. The van der Waals surface area contributed by atoms with E-state index in [0.29, 0.717) is 54.6 Å². The van der Waals surface area contributed by atoms with Gasteiger partial charge >= 0.3 is 0 Å². The van der Waals surface area contributed by atoms with Gasteiger partial charge in [0.05, 0.1) is 17.0 Å². The Balaban J connectivity index is 1.23. The molecule has 1 saturated carbocycles. The highest BCUT2D eigenvalue weighted by Crippen LogP contribution is 2.32. The zero-order valence-electron chi connectivity index (χ0n) is 21.1. The molecule has 3 heterocycles. The Morgan fingerprint density at radius 1 is 1.11 bits per heavy atom. The molecule has 1 aliphatic carbocycles. The van der Waals surface area contributed by atoms with E-state index < -0.39 is 0 Å². The fourth-order valence-electron chi connectivity index (χ4n) is 5.91. The summed E-state index contributed by atoms with van der Waals surface area (Å²) >= 11 is 0. The lowest BCUT2D eigenvalue weighted by molar-refractivity contribution is -0.119. The van der Waals surface area contributed by atoms with Gasteiger partial charge in [-0.3, -0.25) is 14.5 Å². The van der Waals surface area contributed by atoms with Gasteiger partial charge in [0, 0.05) is 56.9 Å². The highest BCUT2D eigenvalue weighted by Gasteiger charge is 2.36. The van der Waals surface area contributed by atoms with Crippen LogP contribution in [0.3, 0.4) is 0 Å². The molecule has 2 amide bonds. The van der Waals surface area contributed by atoms with E-state index in [1.165, 1.54) is 36.9 Å². The van der Waals surface area contributed by atoms with E-state index in [2.05, 4.69) is 14.9 Å². The van der Waals surface area contributed by atoms with Crippen LogP contribution < -0.4 is 4.90 Å². The number of fused-ring (bicyclic) bond motifs is 1. The molecule has 7 nitrogen and oxygen atoms in total. The molecule has 0 radical (unpaired) electrons. The number of likely N-dealkylation sites (tertiary alicyclic amines) is 1. The van der Waals surface area contributed by atoms with Gasteiger partial charge in [-0.05, 0) is 56.4 Å². The normalized spacial score (nSPS) is 20.0. The van der Waals surface area contributed by atoms with Crippen LogP contribution in [0.1, 0.15) is 53.8 Å². The van der Waals surface area contributed by atoms with E-state index in [-0.39, 0.29) is 23.5 Å².